The molecule has 5 nitrogen and oxygen atoms in total. The molecular weight excluding hydrogens is 333 g/mol. The van der Waals surface area contributed by atoms with Crippen molar-refractivity contribution in [1.29, 1.82) is 0 Å². The number of likely N-dealkylation sites (N-methyl/N-ethyl adjacent to an activating group) is 1. The number of anilines is 1. The van der Waals surface area contributed by atoms with E-state index in [1.165, 1.54) is 18.2 Å². The van der Waals surface area contributed by atoms with Gasteiger partial charge in [0.1, 0.15) is 0 Å². The Morgan fingerprint density at radius 1 is 1.32 bits per heavy atom. The van der Waals surface area contributed by atoms with Crippen LogP contribution in [0.15, 0.2) is 30.5 Å². The lowest BCUT2D eigenvalue weighted by Gasteiger charge is -2.18. The van der Waals surface area contributed by atoms with Crippen LogP contribution in [0.4, 0.5) is 18.9 Å². The molecule has 1 N–H and O–H groups in total. The van der Waals surface area contributed by atoms with E-state index in [1.54, 1.807) is 18.1 Å². The second kappa shape index (κ2) is 7.69. The summed E-state index contributed by atoms with van der Waals surface area (Å²) in [6.45, 7) is 5.14. The molecule has 0 atom stereocenters. The van der Waals surface area contributed by atoms with Crippen LogP contribution in [-0.2, 0) is 24.1 Å². The number of alkyl halides is 3. The highest BCUT2D eigenvalue weighted by molar-refractivity contribution is 5.93. The second-order valence-electron chi connectivity index (χ2n) is 5.83. The van der Waals surface area contributed by atoms with Crippen molar-refractivity contribution in [2.24, 2.45) is 0 Å². The molecule has 0 saturated carbocycles. The molecule has 0 fully saturated rings. The molecular formula is C17H21F3N4O. The van der Waals surface area contributed by atoms with Crippen LogP contribution in [-0.4, -0.2) is 34.2 Å². The summed E-state index contributed by atoms with van der Waals surface area (Å²) in [5.74, 6) is -0.500. The van der Waals surface area contributed by atoms with Gasteiger partial charge in [0.15, 0.2) is 0 Å². The standard InChI is InChI=1S/C17H21F3N4O/c1-4-24-12(2)13(9-21-24)10-23(3)11-16(25)22-15-8-6-5-7-14(15)17(18,19)20/h5-9H,4,10-11H2,1-3H3,(H,22,25). The van der Waals surface area contributed by atoms with E-state index in [4.69, 9.17) is 0 Å². The number of amides is 1. The fraction of sp³-hybridized carbons (Fsp3) is 0.412. The van der Waals surface area contributed by atoms with Crippen LogP contribution in [0.1, 0.15) is 23.7 Å². The number of para-hydroxylation sites is 1. The van der Waals surface area contributed by atoms with Gasteiger partial charge in [0.2, 0.25) is 5.91 Å². The molecule has 0 saturated heterocycles. The normalized spacial score (nSPS) is 11.8. The number of aromatic nitrogens is 2. The molecule has 0 aliphatic heterocycles. The van der Waals surface area contributed by atoms with Gasteiger partial charge in [0.25, 0.3) is 0 Å². The quantitative estimate of drug-likeness (QED) is 0.866. The first-order chi connectivity index (χ1) is 11.7. The molecule has 2 rings (SSSR count). The Hall–Kier alpha value is -2.35. The average molecular weight is 354 g/mol. The largest absolute Gasteiger partial charge is 0.418 e. The Kier molecular flexibility index (Phi) is 5.84. The maximum Gasteiger partial charge on any atom is 0.418 e. The van der Waals surface area contributed by atoms with Crippen molar-refractivity contribution in [3.8, 4) is 0 Å². The molecule has 0 spiro atoms. The van der Waals surface area contributed by atoms with Gasteiger partial charge in [-0.15, -0.1) is 0 Å². The predicted octanol–water partition coefficient (Wildman–Crippen LogP) is 3.30. The molecule has 1 amide bonds. The van der Waals surface area contributed by atoms with E-state index in [0.717, 1.165) is 23.9 Å². The van der Waals surface area contributed by atoms with Crippen molar-refractivity contribution in [1.82, 2.24) is 14.7 Å². The van der Waals surface area contributed by atoms with Gasteiger partial charge in [-0.3, -0.25) is 14.4 Å². The predicted molar refractivity (Wildman–Crippen MR) is 89.0 cm³/mol. The first-order valence-corrected chi connectivity index (χ1v) is 7.88. The zero-order chi connectivity index (χ0) is 18.6. The average Bonchev–Trinajstić information content (AvgIpc) is 2.86. The summed E-state index contributed by atoms with van der Waals surface area (Å²) in [5, 5.41) is 6.58. The summed E-state index contributed by atoms with van der Waals surface area (Å²) in [4.78, 5) is 13.8. The van der Waals surface area contributed by atoms with E-state index in [-0.39, 0.29) is 12.2 Å². The lowest BCUT2D eigenvalue weighted by molar-refractivity contribution is -0.137. The number of rotatable bonds is 6. The van der Waals surface area contributed by atoms with Crippen molar-refractivity contribution in [3.05, 3.63) is 47.3 Å². The minimum atomic E-state index is -4.51. The molecule has 136 valence electrons. The van der Waals surface area contributed by atoms with Gasteiger partial charge in [-0.2, -0.15) is 18.3 Å². The van der Waals surface area contributed by atoms with Crippen molar-refractivity contribution in [2.45, 2.75) is 33.1 Å². The number of halogens is 3. The fourth-order valence-electron chi connectivity index (χ4n) is 2.58. The second-order valence-corrected chi connectivity index (χ2v) is 5.83. The smallest absolute Gasteiger partial charge is 0.324 e. The first kappa shape index (κ1) is 19.0. The zero-order valence-corrected chi connectivity index (χ0v) is 14.4. The third kappa shape index (κ3) is 4.82. The summed E-state index contributed by atoms with van der Waals surface area (Å²) in [6, 6.07) is 4.94. The SMILES string of the molecule is CCn1ncc(CN(C)CC(=O)Nc2ccccc2C(F)(F)F)c1C. The molecule has 0 bridgehead atoms. The van der Waals surface area contributed by atoms with E-state index in [2.05, 4.69) is 10.4 Å². The van der Waals surface area contributed by atoms with Crippen molar-refractivity contribution >= 4 is 11.6 Å². The Morgan fingerprint density at radius 2 is 2.00 bits per heavy atom. The zero-order valence-electron chi connectivity index (χ0n) is 14.4. The summed E-state index contributed by atoms with van der Waals surface area (Å²) in [5.41, 5.74) is 0.902. The highest BCUT2D eigenvalue weighted by Gasteiger charge is 2.33. The van der Waals surface area contributed by atoms with E-state index >= 15 is 0 Å². The molecule has 2 aromatic rings. The van der Waals surface area contributed by atoms with E-state index < -0.39 is 17.6 Å². The molecule has 0 radical (unpaired) electrons. The van der Waals surface area contributed by atoms with Gasteiger partial charge in [-0.1, -0.05) is 12.1 Å². The Balaban J connectivity index is 1.99. The lowest BCUT2D eigenvalue weighted by Crippen LogP contribution is -2.30. The molecule has 1 heterocycles. The van der Waals surface area contributed by atoms with Gasteiger partial charge in [0, 0.05) is 24.3 Å². The number of carbonyl (C=O) groups excluding carboxylic acids is 1. The van der Waals surface area contributed by atoms with Gasteiger partial charge in [0.05, 0.1) is 24.0 Å². The Labute approximate surface area is 144 Å². The van der Waals surface area contributed by atoms with Gasteiger partial charge in [-0.05, 0) is 33.0 Å². The van der Waals surface area contributed by atoms with Crippen LogP contribution in [0.25, 0.3) is 0 Å². The summed E-state index contributed by atoms with van der Waals surface area (Å²) >= 11 is 0. The Bertz CT molecular complexity index is 740. The van der Waals surface area contributed by atoms with Crippen LogP contribution < -0.4 is 5.32 Å². The van der Waals surface area contributed by atoms with Crippen molar-refractivity contribution in [2.75, 3.05) is 18.9 Å². The van der Waals surface area contributed by atoms with E-state index in [0.29, 0.717) is 6.54 Å². The highest BCUT2D eigenvalue weighted by Crippen LogP contribution is 2.34. The van der Waals surface area contributed by atoms with Crippen LogP contribution in [0.2, 0.25) is 0 Å². The number of nitrogens with one attached hydrogen (secondary N) is 1. The molecule has 0 aliphatic rings. The topological polar surface area (TPSA) is 50.2 Å². The first-order valence-electron chi connectivity index (χ1n) is 7.88. The minimum Gasteiger partial charge on any atom is -0.324 e. The van der Waals surface area contributed by atoms with Crippen LogP contribution >= 0.6 is 0 Å². The summed E-state index contributed by atoms with van der Waals surface area (Å²) in [7, 11) is 1.73. The Morgan fingerprint density at radius 3 is 2.60 bits per heavy atom. The molecule has 8 heteroatoms. The van der Waals surface area contributed by atoms with Crippen LogP contribution in [0.3, 0.4) is 0 Å². The third-order valence-corrected chi connectivity index (χ3v) is 3.86. The number of benzene rings is 1. The summed E-state index contributed by atoms with van der Waals surface area (Å²) < 4.78 is 40.7. The number of nitrogens with zero attached hydrogens (tertiary/aromatic N) is 3. The minimum absolute atomic E-state index is 0.0249. The number of aryl methyl sites for hydroxylation is 1. The van der Waals surface area contributed by atoms with Crippen LogP contribution in [0.5, 0.6) is 0 Å². The molecule has 0 unspecified atom stereocenters. The van der Waals surface area contributed by atoms with Crippen LogP contribution in [0, 0.1) is 6.92 Å². The third-order valence-electron chi connectivity index (χ3n) is 3.86. The van der Waals surface area contributed by atoms with Gasteiger partial charge < -0.3 is 5.32 Å². The maximum atomic E-state index is 13.0. The highest BCUT2D eigenvalue weighted by atomic mass is 19.4. The molecule has 1 aromatic carbocycles. The van der Waals surface area contributed by atoms with Gasteiger partial charge >= 0.3 is 6.18 Å². The van der Waals surface area contributed by atoms with Crippen molar-refractivity contribution < 1.29 is 18.0 Å². The fourth-order valence-corrected chi connectivity index (χ4v) is 2.58. The van der Waals surface area contributed by atoms with Gasteiger partial charge in [-0.25, -0.2) is 0 Å². The molecule has 25 heavy (non-hydrogen) atoms. The maximum absolute atomic E-state index is 13.0. The lowest BCUT2D eigenvalue weighted by atomic mass is 10.1. The monoisotopic (exact) mass is 354 g/mol. The number of carbonyl (C=O) groups is 1. The van der Waals surface area contributed by atoms with Crippen molar-refractivity contribution in [3.63, 3.8) is 0 Å². The summed E-state index contributed by atoms with van der Waals surface area (Å²) in [6.07, 6.45) is -2.77. The van der Waals surface area contributed by atoms with E-state index in [1.807, 2.05) is 18.5 Å². The van der Waals surface area contributed by atoms with E-state index in [9.17, 15) is 18.0 Å². The molecule has 1 aromatic heterocycles. The number of hydrogen-bond donors (Lipinski definition) is 1. The number of hydrogen-bond acceptors (Lipinski definition) is 3. The molecule has 0 aliphatic carbocycles.